The normalized spacial score (nSPS) is 20.7. The van der Waals surface area contributed by atoms with E-state index in [9.17, 15) is 4.79 Å². The Kier molecular flexibility index (Phi) is 5.82. The molecule has 0 unspecified atom stereocenters. The molecule has 2 atom stereocenters. The number of aryl methyl sites for hydroxylation is 1. The highest BCUT2D eigenvalue weighted by molar-refractivity contribution is 5.77. The molecule has 0 saturated carbocycles. The van der Waals surface area contributed by atoms with Gasteiger partial charge in [-0.25, -0.2) is 0 Å². The second-order valence-electron chi connectivity index (χ2n) is 5.73. The molecular formula is C19H25NO2. The van der Waals surface area contributed by atoms with Crippen LogP contribution in [0.15, 0.2) is 49.1 Å². The molecule has 0 spiro atoms. The maximum absolute atomic E-state index is 12.6. The summed E-state index contributed by atoms with van der Waals surface area (Å²) in [5.41, 5.74) is 1.16. The summed E-state index contributed by atoms with van der Waals surface area (Å²) in [5, 5.41) is 0. The van der Waals surface area contributed by atoms with Gasteiger partial charge >= 0.3 is 0 Å². The van der Waals surface area contributed by atoms with Gasteiger partial charge in [0.05, 0.1) is 7.11 Å². The molecule has 1 aromatic carbocycles. The van der Waals surface area contributed by atoms with Crippen LogP contribution in [0.25, 0.3) is 0 Å². The number of benzene rings is 1. The van der Waals surface area contributed by atoms with Crippen LogP contribution in [0.2, 0.25) is 0 Å². The van der Waals surface area contributed by atoms with E-state index in [2.05, 4.69) is 25.7 Å². The standard InChI is InChI=1S/C19H25NO2/c1-4-6-17-8-5-7-15(2)20(17)19(21)14-11-16-9-12-18(22-3)13-10-16/h4-5,7,9-10,12-13,15,17H,1,6,8,11,14H2,2-3H3/t15-,17-/m1/s1. The van der Waals surface area contributed by atoms with E-state index in [0.29, 0.717) is 6.42 Å². The van der Waals surface area contributed by atoms with Gasteiger partial charge in [0.2, 0.25) is 5.91 Å². The number of hydrogen-bond acceptors (Lipinski definition) is 2. The molecule has 118 valence electrons. The molecule has 0 aromatic heterocycles. The molecule has 0 aliphatic carbocycles. The van der Waals surface area contributed by atoms with E-state index in [-0.39, 0.29) is 18.0 Å². The average molecular weight is 299 g/mol. The fourth-order valence-corrected chi connectivity index (χ4v) is 2.98. The Hall–Kier alpha value is -2.03. The Morgan fingerprint density at radius 3 is 2.77 bits per heavy atom. The summed E-state index contributed by atoms with van der Waals surface area (Å²) in [4.78, 5) is 14.6. The van der Waals surface area contributed by atoms with E-state index in [1.807, 2.05) is 35.2 Å². The predicted octanol–water partition coefficient (Wildman–Crippen LogP) is 3.75. The molecule has 1 aliphatic heterocycles. The Balaban J connectivity index is 1.97. The zero-order chi connectivity index (χ0) is 15.9. The van der Waals surface area contributed by atoms with Crippen molar-refractivity contribution in [3.05, 3.63) is 54.6 Å². The SMILES string of the molecule is C=CC[C@@H]1CC=C[C@@H](C)N1C(=O)CCc1ccc(OC)cc1. The minimum atomic E-state index is 0.169. The summed E-state index contributed by atoms with van der Waals surface area (Å²) in [7, 11) is 1.66. The molecule has 22 heavy (non-hydrogen) atoms. The minimum Gasteiger partial charge on any atom is -0.497 e. The lowest BCUT2D eigenvalue weighted by Gasteiger charge is -2.37. The van der Waals surface area contributed by atoms with E-state index in [4.69, 9.17) is 4.74 Å². The first-order chi connectivity index (χ1) is 10.7. The number of nitrogens with zero attached hydrogens (tertiary/aromatic N) is 1. The first kappa shape index (κ1) is 16.3. The van der Waals surface area contributed by atoms with Crippen molar-refractivity contribution in [1.82, 2.24) is 4.90 Å². The molecule has 0 bridgehead atoms. The number of amides is 1. The zero-order valence-corrected chi connectivity index (χ0v) is 13.5. The van der Waals surface area contributed by atoms with Gasteiger partial charge in [-0.15, -0.1) is 6.58 Å². The molecular weight excluding hydrogens is 274 g/mol. The molecule has 0 fully saturated rings. The third kappa shape index (κ3) is 4.00. The molecule has 1 aliphatic rings. The van der Waals surface area contributed by atoms with Gasteiger partial charge in [-0.1, -0.05) is 30.4 Å². The predicted molar refractivity (Wildman–Crippen MR) is 90.0 cm³/mol. The van der Waals surface area contributed by atoms with Crippen molar-refractivity contribution in [3.63, 3.8) is 0 Å². The van der Waals surface area contributed by atoms with E-state index >= 15 is 0 Å². The fourth-order valence-electron chi connectivity index (χ4n) is 2.98. The van der Waals surface area contributed by atoms with E-state index in [1.54, 1.807) is 7.11 Å². The molecule has 0 radical (unpaired) electrons. The molecule has 0 saturated heterocycles. The molecule has 3 heteroatoms. The van der Waals surface area contributed by atoms with Gasteiger partial charge < -0.3 is 9.64 Å². The molecule has 0 N–H and O–H groups in total. The average Bonchev–Trinajstić information content (AvgIpc) is 2.53. The molecule has 1 aromatic rings. The Morgan fingerprint density at radius 2 is 2.14 bits per heavy atom. The highest BCUT2D eigenvalue weighted by atomic mass is 16.5. The molecule has 2 rings (SSSR count). The minimum absolute atomic E-state index is 0.169. The summed E-state index contributed by atoms with van der Waals surface area (Å²) in [6, 6.07) is 8.33. The first-order valence-corrected chi connectivity index (χ1v) is 7.87. The van der Waals surface area contributed by atoms with Crippen LogP contribution in [-0.2, 0) is 11.2 Å². The monoisotopic (exact) mass is 299 g/mol. The first-order valence-electron chi connectivity index (χ1n) is 7.87. The molecule has 3 nitrogen and oxygen atoms in total. The van der Waals surface area contributed by atoms with Gasteiger partial charge in [-0.2, -0.15) is 0 Å². The quantitative estimate of drug-likeness (QED) is 0.749. The molecule has 1 amide bonds. The lowest BCUT2D eigenvalue weighted by atomic mass is 9.99. The van der Waals surface area contributed by atoms with Crippen molar-refractivity contribution in [2.45, 2.75) is 44.7 Å². The van der Waals surface area contributed by atoms with E-state index in [0.717, 1.165) is 30.6 Å². The van der Waals surface area contributed by atoms with Crippen LogP contribution in [-0.4, -0.2) is 30.0 Å². The van der Waals surface area contributed by atoms with Gasteiger partial charge in [0.15, 0.2) is 0 Å². The number of ether oxygens (including phenoxy) is 1. The summed E-state index contributed by atoms with van der Waals surface area (Å²) >= 11 is 0. The van der Waals surface area contributed by atoms with Crippen molar-refractivity contribution < 1.29 is 9.53 Å². The van der Waals surface area contributed by atoms with Crippen molar-refractivity contribution in [1.29, 1.82) is 0 Å². The lowest BCUT2D eigenvalue weighted by molar-refractivity contribution is -0.135. The Morgan fingerprint density at radius 1 is 1.41 bits per heavy atom. The largest absolute Gasteiger partial charge is 0.497 e. The lowest BCUT2D eigenvalue weighted by Crippen LogP contribution is -2.46. The van der Waals surface area contributed by atoms with Crippen LogP contribution in [0, 0.1) is 0 Å². The number of rotatable bonds is 6. The fraction of sp³-hybridized carbons (Fsp3) is 0.421. The Labute approximate surface area is 133 Å². The summed E-state index contributed by atoms with van der Waals surface area (Å²) < 4.78 is 5.15. The molecule has 1 heterocycles. The van der Waals surface area contributed by atoms with Crippen molar-refractivity contribution in [2.75, 3.05) is 7.11 Å². The topological polar surface area (TPSA) is 29.5 Å². The number of hydrogen-bond donors (Lipinski definition) is 0. The van der Waals surface area contributed by atoms with Crippen LogP contribution >= 0.6 is 0 Å². The van der Waals surface area contributed by atoms with Gasteiger partial charge in [0.25, 0.3) is 0 Å². The highest BCUT2D eigenvalue weighted by Gasteiger charge is 2.27. The number of carbonyl (C=O) groups excluding carboxylic acids is 1. The summed E-state index contributed by atoms with van der Waals surface area (Å²) in [6.45, 7) is 5.89. The smallest absolute Gasteiger partial charge is 0.223 e. The second kappa shape index (κ2) is 7.83. The zero-order valence-electron chi connectivity index (χ0n) is 13.5. The van der Waals surface area contributed by atoms with Gasteiger partial charge in [-0.05, 0) is 43.9 Å². The van der Waals surface area contributed by atoms with Gasteiger partial charge in [-0.3, -0.25) is 4.79 Å². The third-order valence-corrected chi connectivity index (χ3v) is 4.17. The summed E-state index contributed by atoms with van der Waals surface area (Å²) in [5.74, 6) is 1.07. The summed E-state index contributed by atoms with van der Waals surface area (Å²) in [6.07, 6.45) is 9.26. The van der Waals surface area contributed by atoms with E-state index in [1.165, 1.54) is 0 Å². The van der Waals surface area contributed by atoms with Crippen LogP contribution in [0.4, 0.5) is 0 Å². The number of methoxy groups -OCH3 is 1. The van der Waals surface area contributed by atoms with Crippen molar-refractivity contribution in [2.24, 2.45) is 0 Å². The second-order valence-corrected chi connectivity index (χ2v) is 5.73. The Bertz CT molecular complexity index is 533. The maximum Gasteiger partial charge on any atom is 0.223 e. The van der Waals surface area contributed by atoms with Crippen molar-refractivity contribution in [3.8, 4) is 5.75 Å². The van der Waals surface area contributed by atoms with Crippen LogP contribution in [0.1, 0.15) is 31.7 Å². The highest BCUT2D eigenvalue weighted by Crippen LogP contribution is 2.22. The van der Waals surface area contributed by atoms with Gasteiger partial charge in [0.1, 0.15) is 5.75 Å². The number of carbonyl (C=O) groups is 1. The third-order valence-electron chi connectivity index (χ3n) is 4.17. The van der Waals surface area contributed by atoms with E-state index < -0.39 is 0 Å². The van der Waals surface area contributed by atoms with Crippen LogP contribution < -0.4 is 4.74 Å². The maximum atomic E-state index is 12.6. The van der Waals surface area contributed by atoms with Crippen LogP contribution in [0.3, 0.4) is 0 Å². The van der Waals surface area contributed by atoms with Crippen molar-refractivity contribution >= 4 is 5.91 Å². The van der Waals surface area contributed by atoms with Gasteiger partial charge in [0, 0.05) is 18.5 Å². The van der Waals surface area contributed by atoms with Crippen LogP contribution in [0.5, 0.6) is 5.75 Å².